The van der Waals surface area contributed by atoms with Crippen molar-refractivity contribution in [2.45, 2.75) is 38.5 Å². The molecule has 2 aromatic heterocycles. The fraction of sp³-hybridized carbons (Fsp3) is 0.471. The van der Waals surface area contributed by atoms with Crippen LogP contribution in [0.25, 0.3) is 10.7 Å². The fourth-order valence-corrected chi connectivity index (χ4v) is 3.55. The average molecular weight is 315 g/mol. The highest BCUT2D eigenvalue weighted by Gasteiger charge is 2.17. The Morgan fingerprint density at radius 3 is 2.64 bits per heavy atom. The molecule has 1 fully saturated rings. The van der Waals surface area contributed by atoms with Gasteiger partial charge in [0.15, 0.2) is 0 Å². The second kappa shape index (κ2) is 7.49. The molecular weight excluding hydrogens is 294 g/mol. The first kappa shape index (κ1) is 15.2. The van der Waals surface area contributed by atoms with Gasteiger partial charge in [-0.25, -0.2) is 4.98 Å². The minimum Gasteiger partial charge on any atom is -0.342 e. The second-order valence-corrected chi connectivity index (χ2v) is 6.54. The average Bonchev–Trinajstić information content (AvgIpc) is 2.96. The number of pyridine rings is 1. The van der Waals surface area contributed by atoms with Crippen molar-refractivity contribution in [3.05, 3.63) is 35.5 Å². The highest BCUT2D eigenvalue weighted by atomic mass is 32.1. The number of amides is 1. The molecule has 0 aromatic carbocycles. The summed E-state index contributed by atoms with van der Waals surface area (Å²) < 4.78 is 0. The van der Waals surface area contributed by atoms with Gasteiger partial charge in [0.25, 0.3) is 0 Å². The number of hydrogen-bond donors (Lipinski definition) is 0. The van der Waals surface area contributed by atoms with Crippen molar-refractivity contribution >= 4 is 17.2 Å². The van der Waals surface area contributed by atoms with Gasteiger partial charge in [-0.2, -0.15) is 0 Å². The third-order valence-corrected chi connectivity index (χ3v) is 4.89. The molecule has 22 heavy (non-hydrogen) atoms. The molecule has 116 valence electrons. The highest BCUT2D eigenvalue weighted by Crippen LogP contribution is 2.22. The fourth-order valence-electron chi connectivity index (χ4n) is 2.76. The van der Waals surface area contributed by atoms with E-state index in [1.807, 2.05) is 28.5 Å². The van der Waals surface area contributed by atoms with Crippen LogP contribution in [0.1, 0.15) is 37.8 Å². The van der Waals surface area contributed by atoms with Crippen molar-refractivity contribution < 1.29 is 4.79 Å². The van der Waals surface area contributed by atoms with Gasteiger partial charge in [0, 0.05) is 24.7 Å². The quantitative estimate of drug-likeness (QED) is 0.870. The molecule has 0 spiro atoms. The van der Waals surface area contributed by atoms with Crippen molar-refractivity contribution in [3.63, 3.8) is 0 Å². The lowest BCUT2D eigenvalue weighted by Crippen LogP contribution is -2.34. The first-order valence-corrected chi connectivity index (χ1v) is 8.84. The first-order chi connectivity index (χ1) is 10.8. The number of aromatic nitrogens is 2. The Labute approximate surface area is 135 Å². The molecule has 0 saturated carbocycles. The summed E-state index contributed by atoms with van der Waals surface area (Å²) in [6, 6.07) is 5.79. The third kappa shape index (κ3) is 3.91. The molecule has 1 saturated heterocycles. The van der Waals surface area contributed by atoms with Gasteiger partial charge in [-0.15, -0.1) is 11.3 Å². The molecule has 4 nitrogen and oxygen atoms in total. The van der Waals surface area contributed by atoms with Crippen LogP contribution >= 0.6 is 11.3 Å². The van der Waals surface area contributed by atoms with E-state index in [0.717, 1.165) is 42.3 Å². The van der Waals surface area contributed by atoms with Crippen molar-refractivity contribution in [1.29, 1.82) is 0 Å². The van der Waals surface area contributed by atoms with Crippen molar-refractivity contribution in [2.75, 3.05) is 13.1 Å². The number of carbonyl (C=O) groups is 1. The van der Waals surface area contributed by atoms with Gasteiger partial charge in [0.1, 0.15) is 5.01 Å². The van der Waals surface area contributed by atoms with E-state index in [1.54, 1.807) is 17.5 Å². The van der Waals surface area contributed by atoms with Gasteiger partial charge in [0.05, 0.1) is 17.8 Å². The van der Waals surface area contributed by atoms with E-state index >= 15 is 0 Å². The standard InChI is InChI=1S/C17H21N3OS/c21-16(20-10-6-2-1-3-7-11-20)12-14-13-22-17(19-14)15-8-4-5-9-18-15/h4-5,8-9,13H,1-3,6-7,10-12H2. The van der Waals surface area contributed by atoms with E-state index in [9.17, 15) is 4.79 Å². The van der Waals surface area contributed by atoms with Crippen LogP contribution in [0.4, 0.5) is 0 Å². The molecule has 0 N–H and O–H groups in total. The van der Waals surface area contributed by atoms with Crippen LogP contribution < -0.4 is 0 Å². The van der Waals surface area contributed by atoms with Gasteiger partial charge >= 0.3 is 0 Å². The van der Waals surface area contributed by atoms with Crippen LogP contribution in [-0.4, -0.2) is 33.9 Å². The normalized spacial score (nSPS) is 16.1. The molecule has 2 aromatic rings. The zero-order valence-electron chi connectivity index (χ0n) is 12.7. The molecule has 0 atom stereocenters. The first-order valence-electron chi connectivity index (χ1n) is 7.96. The minimum absolute atomic E-state index is 0.208. The number of carbonyl (C=O) groups excluding carboxylic acids is 1. The Kier molecular flexibility index (Phi) is 5.16. The SMILES string of the molecule is O=C(Cc1csc(-c2ccccn2)n1)N1CCCCCCC1. The van der Waals surface area contributed by atoms with Gasteiger partial charge in [0.2, 0.25) is 5.91 Å². The lowest BCUT2D eigenvalue weighted by Gasteiger charge is -2.24. The number of thiazole rings is 1. The maximum atomic E-state index is 12.5. The van der Waals surface area contributed by atoms with Crippen LogP contribution in [0, 0.1) is 0 Å². The Morgan fingerprint density at radius 2 is 1.91 bits per heavy atom. The largest absolute Gasteiger partial charge is 0.342 e. The van der Waals surface area contributed by atoms with E-state index < -0.39 is 0 Å². The molecule has 0 aliphatic carbocycles. The lowest BCUT2D eigenvalue weighted by molar-refractivity contribution is -0.130. The topological polar surface area (TPSA) is 46.1 Å². The van der Waals surface area contributed by atoms with E-state index in [0.29, 0.717) is 6.42 Å². The molecule has 5 heteroatoms. The number of rotatable bonds is 3. The molecule has 0 radical (unpaired) electrons. The van der Waals surface area contributed by atoms with Crippen LogP contribution in [0.15, 0.2) is 29.8 Å². The highest BCUT2D eigenvalue weighted by molar-refractivity contribution is 7.13. The summed E-state index contributed by atoms with van der Waals surface area (Å²) in [4.78, 5) is 23.3. The van der Waals surface area contributed by atoms with E-state index in [2.05, 4.69) is 9.97 Å². The molecule has 1 amide bonds. The van der Waals surface area contributed by atoms with Gasteiger partial charge < -0.3 is 4.90 Å². The molecule has 0 unspecified atom stereocenters. The predicted octanol–water partition coefficient (Wildman–Crippen LogP) is 3.54. The maximum absolute atomic E-state index is 12.5. The zero-order chi connectivity index (χ0) is 15.2. The van der Waals surface area contributed by atoms with Crippen LogP contribution in [0.3, 0.4) is 0 Å². The van der Waals surface area contributed by atoms with Crippen LogP contribution in [0.5, 0.6) is 0 Å². The maximum Gasteiger partial charge on any atom is 0.228 e. The van der Waals surface area contributed by atoms with E-state index in [4.69, 9.17) is 0 Å². The lowest BCUT2D eigenvalue weighted by atomic mass is 10.1. The summed E-state index contributed by atoms with van der Waals surface area (Å²) in [5.74, 6) is 0.208. The number of likely N-dealkylation sites (tertiary alicyclic amines) is 1. The summed E-state index contributed by atoms with van der Waals surface area (Å²) in [7, 11) is 0. The third-order valence-electron chi connectivity index (χ3n) is 3.98. The zero-order valence-corrected chi connectivity index (χ0v) is 13.5. The van der Waals surface area contributed by atoms with Gasteiger partial charge in [-0.05, 0) is 25.0 Å². The van der Waals surface area contributed by atoms with Crippen molar-refractivity contribution in [3.8, 4) is 10.7 Å². The molecule has 0 bridgehead atoms. The summed E-state index contributed by atoms with van der Waals surface area (Å²) in [5.41, 5.74) is 1.73. The molecule has 1 aliphatic rings. The number of nitrogens with zero attached hydrogens (tertiary/aromatic N) is 3. The van der Waals surface area contributed by atoms with Crippen LogP contribution in [-0.2, 0) is 11.2 Å². The smallest absolute Gasteiger partial charge is 0.228 e. The minimum atomic E-state index is 0.208. The van der Waals surface area contributed by atoms with Crippen molar-refractivity contribution in [2.24, 2.45) is 0 Å². The molecule has 3 rings (SSSR count). The second-order valence-electron chi connectivity index (χ2n) is 5.68. The summed E-state index contributed by atoms with van der Waals surface area (Å²) in [6.45, 7) is 1.80. The monoisotopic (exact) mass is 315 g/mol. The molecule has 3 heterocycles. The Balaban J connectivity index is 1.63. The predicted molar refractivity (Wildman–Crippen MR) is 88.7 cm³/mol. The Morgan fingerprint density at radius 1 is 1.14 bits per heavy atom. The van der Waals surface area contributed by atoms with Gasteiger partial charge in [-0.1, -0.05) is 25.3 Å². The van der Waals surface area contributed by atoms with Gasteiger partial charge in [-0.3, -0.25) is 9.78 Å². The molecular formula is C17H21N3OS. The molecule has 1 aliphatic heterocycles. The van der Waals surface area contributed by atoms with Crippen LogP contribution in [0.2, 0.25) is 0 Å². The number of hydrogen-bond acceptors (Lipinski definition) is 4. The summed E-state index contributed by atoms with van der Waals surface area (Å²) in [6.07, 6.45) is 8.21. The van der Waals surface area contributed by atoms with E-state index in [-0.39, 0.29) is 5.91 Å². The van der Waals surface area contributed by atoms with Crippen molar-refractivity contribution in [1.82, 2.24) is 14.9 Å². The Bertz CT molecular complexity index is 603. The Hall–Kier alpha value is -1.75. The summed E-state index contributed by atoms with van der Waals surface area (Å²) in [5, 5.41) is 2.86. The van der Waals surface area contributed by atoms with E-state index in [1.165, 1.54) is 19.3 Å². The summed E-state index contributed by atoms with van der Waals surface area (Å²) >= 11 is 1.55.